The number of carbonyl (C=O) groups is 1. The second-order valence-corrected chi connectivity index (χ2v) is 5.96. The van der Waals surface area contributed by atoms with Crippen LogP contribution in [0.5, 0.6) is 11.5 Å². The van der Waals surface area contributed by atoms with Gasteiger partial charge in [-0.3, -0.25) is 4.79 Å². The van der Waals surface area contributed by atoms with E-state index >= 15 is 0 Å². The predicted molar refractivity (Wildman–Crippen MR) is 96.7 cm³/mol. The summed E-state index contributed by atoms with van der Waals surface area (Å²) in [6.07, 6.45) is 1.59. The number of methoxy groups -OCH3 is 2. The lowest BCUT2D eigenvalue weighted by molar-refractivity contribution is 0.0949. The molecule has 1 N–H and O–H groups in total. The molecule has 0 bridgehead atoms. The van der Waals surface area contributed by atoms with Gasteiger partial charge in [0.2, 0.25) is 0 Å². The minimum atomic E-state index is -0.195. The third kappa shape index (κ3) is 4.56. The lowest BCUT2D eigenvalue weighted by Crippen LogP contribution is -2.25. The summed E-state index contributed by atoms with van der Waals surface area (Å²) in [5.41, 5.74) is 1.53. The van der Waals surface area contributed by atoms with Crippen LogP contribution >= 0.6 is 23.2 Å². The predicted octanol–water partition coefficient (Wildman–Crippen LogP) is 4.37. The maximum Gasteiger partial charge on any atom is 0.255 e. The van der Waals surface area contributed by atoms with Crippen LogP contribution < -0.4 is 14.8 Å². The molecule has 1 amide bonds. The van der Waals surface area contributed by atoms with E-state index in [2.05, 4.69) is 5.32 Å². The van der Waals surface area contributed by atoms with Gasteiger partial charge in [-0.25, -0.2) is 0 Å². The Morgan fingerprint density at radius 3 is 2.54 bits per heavy atom. The van der Waals surface area contributed by atoms with Crippen molar-refractivity contribution < 1.29 is 14.3 Å². The highest BCUT2D eigenvalue weighted by Gasteiger charge is 2.15. The molecule has 6 heteroatoms. The molecular formula is C18H19Cl2NO3. The fourth-order valence-corrected chi connectivity index (χ4v) is 2.67. The molecule has 0 spiro atoms. The number of nitrogens with one attached hydrogen (secondary N) is 1. The van der Waals surface area contributed by atoms with Crippen LogP contribution in [0, 0.1) is 0 Å². The van der Waals surface area contributed by atoms with E-state index in [-0.39, 0.29) is 5.91 Å². The van der Waals surface area contributed by atoms with E-state index in [1.165, 1.54) is 14.2 Å². The van der Waals surface area contributed by atoms with E-state index in [1.807, 2.05) is 12.1 Å². The molecule has 2 rings (SSSR count). The minimum Gasteiger partial charge on any atom is -0.493 e. The van der Waals surface area contributed by atoms with Gasteiger partial charge in [0.1, 0.15) is 0 Å². The number of hydrogen-bond donors (Lipinski definition) is 1. The van der Waals surface area contributed by atoms with Gasteiger partial charge in [-0.1, -0.05) is 35.3 Å². The zero-order chi connectivity index (χ0) is 17.5. The van der Waals surface area contributed by atoms with E-state index in [0.717, 1.165) is 18.4 Å². The molecular weight excluding hydrogens is 349 g/mol. The average molecular weight is 368 g/mol. The lowest BCUT2D eigenvalue weighted by atomic mass is 10.1. The summed E-state index contributed by atoms with van der Waals surface area (Å²) in [6.45, 7) is 0.541. The highest BCUT2D eigenvalue weighted by Crippen LogP contribution is 2.30. The third-order valence-electron chi connectivity index (χ3n) is 3.56. The molecule has 128 valence electrons. The van der Waals surface area contributed by atoms with E-state index in [4.69, 9.17) is 32.7 Å². The maximum absolute atomic E-state index is 12.3. The molecule has 0 unspecified atom stereocenters. The van der Waals surface area contributed by atoms with Gasteiger partial charge >= 0.3 is 0 Å². The van der Waals surface area contributed by atoms with E-state index in [0.29, 0.717) is 33.7 Å². The molecule has 2 aromatic rings. The Balaban J connectivity index is 1.90. The molecule has 24 heavy (non-hydrogen) atoms. The Labute approximate surface area is 151 Å². The van der Waals surface area contributed by atoms with Crippen molar-refractivity contribution in [2.75, 3.05) is 20.8 Å². The van der Waals surface area contributed by atoms with E-state index < -0.39 is 0 Å². The van der Waals surface area contributed by atoms with Crippen LogP contribution in [0.2, 0.25) is 10.0 Å². The lowest BCUT2D eigenvalue weighted by Gasteiger charge is -2.12. The standard InChI is InChI=1S/C18H19Cl2NO3/c1-23-16-7-3-6-13(17(16)24-2)18(22)21-10-4-5-12-8-9-14(19)15(20)11-12/h3,6-9,11H,4-5,10H2,1-2H3,(H,21,22). The smallest absolute Gasteiger partial charge is 0.255 e. The Bertz CT molecular complexity index is 719. The molecule has 0 saturated heterocycles. The molecule has 0 aromatic heterocycles. The van der Waals surface area contributed by atoms with Gasteiger partial charge in [0.15, 0.2) is 11.5 Å². The van der Waals surface area contributed by atoms with E-state index in [1.54, 1.807) is 24.3 Å². The SMILES string of the molecule is COc1cccc(C(=O)NCCCc2ccc(Cl)c(Cl)c2)c1OC. The number of hydrogen-bond acceptors (Lipinski definition) is 3. The van der Waals surface area contributed by atoms with Crippen molar-refractivity contribution in [1.29, 1.82) is 0 Å². The van der Waals surface area contributed by atoms with Crippen molar-refractivity contribution in [3.63, 3.8) is 0 Å². The molecule has 0 aliphatic rings. The van der Waals surface area contributed by atoms with Crippen molar-refractivity contribution in [3.05, 3.63) is 57.6 Å². The molecule has 0 saturated carbocycles. The number of amides is 1. The molecule has 0 radical (unpaired) electrons. The first-order valence-corrected chi connectivity index (χ1v) is 8.25. The third-order valence-corrected chi connectivity index (χ3v) is 4.30. The van der Waals surface area contributed by atoms with Gasteiger partial charge in [-0.2, -0.15) is 0 Å². The number of rotatable bonds is 7. The first kappa shape index (κ1) is 18.4. The minimum absolute atomic E-state index is 0.195. The average Bonchev–Trinajstić information content (AvgIpc) is 2.60. The van der Waals surface area contributed by atoms with Crippen molar-refractivity contribution in [2.24, 2.45) is 0 Å². The summed E-state index contributed by atoms with van der Waals surface area (Å²) in [7, 11) is 3.05. The summed E-state index contributed by atoms with van der Waals surface area (Å²) in [5, 5.41) is 3.97. The molecule has 0 atom stereocenters. The molecule has 0 aliphatic heterocycles. The van der Waals surface area contributed by atoms with Crippen molar-refractivity contribution >= 4 is 29.1 Å². The number of para-hydroxylation sites is 1. The molecule has 4 nitrogen and oxygen atoms in total. The Hall–Kier alpha value is -1.91. The van der Waals surface area contributed by atoms with Crippen molar-refractivity contribution in [2.45, 2.75) is 12.8 Å². The summed E-state index contributed by atoms with van der Waals surface area (Å²) in [4.78, 5) is 12.3. The first-order chi connectivity index (χ1) is 11.6. The highest BCUT2D eigenvalue weighted by molar-refractivity contribution is 6.42. The highest BCUT2D eigenvalue weighted by atomic mass is 35.5. The van der Waals surface area contributed by atoms with Crippen molar-refractivity contribution in [1.82, 2.24) is 5.32 Å². The number of halogens is 2. The topological polar surface area (TPSA) is 47.6 Å². The summed E-state index contributed by atoms with van der Waals surface area (Å²) in [6, 6.07) is 10.8. The van der Waals surface area contributed by atoms with Gasteiger partial charge in [0.05, 0.1) is 29.8 Å². The van der Waals surface area contributed by atoms with Crippen LogP contribution in [0.1, 0.15) is 22.3 Å². The first-order valence-electron chi connectivity index (χ1n) is 7.50. The van der Waals surface area contributed by atoms with Gasteiger partial charge in [0.25, 0.3) is 5.91 Å². The van der Waals surface area contributed by atoms with Crippen LogP contribution in [-0.4, -0.2) is 26.7 Å². The van der Waals surface area contributed by atoms with Crippen LogP contribution in [-0.2, 0) is 6.42 Å². The van der Waals surface area contributed by atoms with Gasteiger partial charge in [-0.05, 0) is 42.7 Å². The zero-order valence-corrected chi connectivity index (χ0v) is 15.1. The van der Waals surface area contributed by atoms with Crippen LogP contribution in [0.3, 0.4) is 0 Å². The van der Waals surface area contributed by atoms with Gasteiger partial charge < -0.3 is 14.8 Å². The van der Waals surface area contributed by atoms with Gasteiger partial charge in [0, 0.05) is 6.54 Å². The van der Waals surface area contributed by atoms with Crippen LogP contribution in [0.25, 0.3) is 0 Å². The zero-order valence-electron chi connectivity index (χ0n) is 13.6. The Morgan fingerprint density at radius 1 is 1.08 bits per heavy atom. The molecule has 0 heterocycles. The van der Waals surface area contributed by atoms with Crippen molar-refractivity contribution in [3.8, 4) is 11.5 Å². The number of aryl methyl sites for hydroxylation is 1. The van der Waals surface area contributed by atoms with Gasteiger partial charge in [-0.15, -0.1) is 0 Å². The second-order valence-electron chi connectivity index (χ2n) is 5.15. The number of ether oxygens (including phenoxy) is 2. The molecule has 0 aliphatic carbocycles. The quantitative estimate of drug-likeness (QED) is 0.738. The monoisotopic (exact) mass is 367 g/mol. The Morgan fingerprint density at radius 2 is 1.88 bits per heavy atom. The van der Waals surface area contributed by atoms with E-state index in [9.17, 15) is 4.79 Å². The summed E-state index contributed by atoms with van der Waals surface area (Å²) in [5.74, 6) is 0.767. The summed E-state index contributed by atoms with van der Waals surface area (Å²) >= 11 is 11.9. The maximum atomic E-state index is 12.3. The second kappa shape index (κ2) is 8.81. The van der Waals surface area contributed by atoms with Crippen LogP contribution in [0.15, 0.2) is 36.4 Å². The molecule has 2 aromatic carbocycles. The fraction of sp³-hybridized carbons (Fsp3) is 0.278. The fourth-order valence-electron chi connectivity index (χ4n) is 2.35. The number of benzene rings is 2. The largest absolute Gasteiger partial charge is 0.493 e. The van der Waals surface area contributed by atoms with Crippen LogP contribution in [0.4, 0.5) is 0 Å². The molecule has 0 fully saturated rings. The normalized spacial score (nSPS) is 10.3. The summed E-state index contributed by atoms with van der Waals surface area (Å²) < 4.78 is 10.5. The number of carbonyl (C=O) groups excluding carboxylic acids is 1. The Kier molecular flexibility index (Phi) is 6.76.